The highest BCUT2D eigenvalue weighted by molar-refractivity contribution is 6.69. The van der Waals surface area contributed by atoms with E-state index in [1.54, 1.807) is 0 Å². The number of halogens is 1. The molecule has 1 aliphatic heterocycles. The number of hydrogen-bond acceptors (Lipinski definition) is 2. The number of hydrogen-bond donors (Lipinski definition) is 0. The van der Waals surface area contributed by atoms with Gasteiger partial charge in [0.25, 0.3) is 0 Å². The van der Waals surface area contributed by atoms with Gasteiger partial charge in [-0.15, -0.1) is 0 Å². The van der Waals surface area contributed by atoms with E-state index in [9.17, 15) is 0 Å². The molecule has 0 saturated heterocycles. The molecule has 0 N–H and O–H groups in total. The Morgan fingerprint density at radius 1 is 1.91 bits per heavy atom. The highest BCUT2D eigenvalue weighted by Crippen LogP contribution is 2.16. The van der Waals surface area contributed by atoms with Crippen molar-refractivity contribution < 1.29 is 0 Å². The molecular formula is C8H9ClN2. The molecule has 1 heterocycles. The molecule has 0 radical (unpaired) electrons. The zero-order chi connectivity index (χ0) is 8.27. The Kier molecular flexibility index (Phi) is 2.67. The molecular weight excluding hydrogens is 160 g/mol. The molecule has 0 aromatic carbocycles. The van der Waals surface area contributed by atoms with E-state index in [0.29, 0.717) is 18.1 Å². The average molecular weight is 169 g/mol. The number of allylic oxidation sites excluding steroid dienone is 1. The molecule has 0 saturated carbocycles. The quantitative estimate of drug-likeness (QED) is 0.591. The van der Waals surface area contributed by atoms with Crippen LogP contribution in [-0.4, -0.2) is 11.7 Å². The van der Waals surface area contributed by atoms with Crippen molar-refractivity contribution in [1.82, 2.24) is 0 Å². The van der Waals surface area contributed by atoms with Crippen LogP contribution in [0.1, 0.15) is 13.3 Å². The molecule has 3 heteroatoms. The fourth-order valence-corrected chi connectivity index (χ4v) is 1.17. The van der Waals surface area contributed by atoms with Gasteiger partial charge in [-0.25, -0.2) is 0 Å². The number of nitrogens with zero attached hydrogens (tertiary/aromatic N) is 2. The Morgan fingerprint density at radius 3 is 3.18 bits per heavy atom. The summed E-state index contributed by atoms with van der Waals surface area (Å²) in [5, 5.41) is 8.99. The molecule has 0 amide bonds. The summed E-state index contributed by atoms with van der Waals surface area (Å²) in [5.74, 6) is 0.266. The largest absolute Gasteiger partial charge is 0.272 e. The van der Waals surface area contributed by atoms with Gasteiger partial charge in [0.05, 0.1) is 6.07 Å². The smallest absolute Gasteiger partial charge is 0.126 e. The predicted molar refractivity (Wildman–Crippen MR) is 45.6 cm³/mol. The van der Waals surface area contributed by atoms with E-state index in [2.05, 4.69) is 11.1 Å². The molecule has 58 valence electrons. The van der Waals surface area contributed by atoms with Crippen molar-refractivity contribution in [2.45, 2.75) is 13.3 Å². The van der Waals surface area contributed by atoms with Gasteiger partial charge in [-0.2, -0.15) is 5.26 Å². The van der Waals surface area contributed by atoms with Crippen LogP contribution in [0, 0.1) is 17.2 Å². The van der Waals surface area contributed by atoms with Gasteiger partial charge in [0.2, 0.25) is 0 Å². The zero-order valence-corrected chi connectivity index (χ0v) is 7.10. The van der Waals surface area contributed by atoms with E-state index in [0.717, 1.165) is 5.57 Å². The third-order valence-corrected chi connectivity index (χ3v) is 2.05. The lowest BCUT2D eigenvalue weighted by atomic mass is 10.0. The predicted octanol–water partition coefficient (Wildman–Crippen LogP) is 2.11. The van der Waals surface area contributed by atoms with Crippen LogP contribution >= 0.6 is 11.6 Å². The molecule has 0 spiro atoms. The van der Waals surface area contributed by atoms with Crippen molar-refractivity contribution in [3.63, 3.8) is 0 Å². The van der Waals surface area contributed by atoms with Crippen LogP contribution in [0.3, 0.4) is 0 Å². The summed E-state index contributed by atoms with van der Waals surface area (Å²) in [7, 11) is 0. The highest BCUT2D eigenvalue weighted by Gasteiger charge is 2.11. The molecule has 11 heavy (non-hydrogen) atoms. The van der Waals surface area contributed by atoms with E-state index < -0.39 is 0 Å². The summed E-state index contributed by atoms with van der Waals surface area (Å²) in [5.41, 5.74) is 0.984. The van der Waals surface area contributed by atoms with Gasteiger partial charge >= 0.3 is 0 Å². The van der Waals surface area contributed by atoms with Crippen LogP contribution in [0.4, 0.5) is 0 Å². The van der Waals surface area contributed by atoms with Crippen molar-refractivity contribution in [3.8, 4) is 6.07 Å². The molecule has 1 atom stereocenters. The van der Waals surface area contributed by atoms with Crippen LogP contribution in [-0.2, 0) is 0 Å². The van der Waals surface area contributed by atoms with Gasteiger partial charge in [0.1, 0.15) is 5.17 Å². The molecule has 1 aliphatic rings. The van der Waals surface area contributed by atoms with Gasteiger partial charge in [-0.3, -0.25) is 4.99 Å². The Balaban J connectivity index is 2.63. The average Bonchev–Trinajstić information content (AvgIpc) is 1.98. The molecule has 0 bridgehead atoms. The van der Waals surface area contributed by atoms with Crippen molar-refractivity contribution >= 4 is 16.8 Å². The summed E-state index contributed by atoms with van der Waals surface area (Å²) >= 11 is 5.73. The van der Waals surface area contributed by atoms with Crippen LogP contribution in [0.15, 0.2) is 16.6 Å². The number of rotatable bonds is 1. The van der Waals surface area contributed by atoms with Gasteiger partial charge in [0, 0.05) is 18.9 Å². The Labute approximate surface area is 71.2 Å². The lowest BCUT2D eigenvalue weighted by molar-refractivity contribution is 0.673. The van der Waals surface area contributed by atoms with Crippen LogP contribution in [0.2, 0.25) is 0 Å². The van der Waals surface area contributed by atoms with Crippen molar-refractivity contribution in [3.05, 3.63) is 11.6 Å². The van der Waals surface area contributed by atoms with Crippen LogP contribution < -0.4 is 0 Å². The maximum Gasteiger partial charge on any atom is 0.126 e. The normalized spacial score (nSPS) is 23.5. The molecule has 1 unspecified atom stereocenters. The van der Waals surface area contributed by atoms with Crippen molar-refractivity contribution in [2.24, 2.45) is 10.9 Å². The lowest BCUT2D eigenvalue weighted by Crippen LogP contribution is -2.09. The highest BCUT2D eigenvalue weighted by atomic mass is 35.5. The van der Waals surface area contributed by atoms with Crippen molar-refractivity contribution in [1.29, 1.82) is 5.26 Å². The van der Waals surface area contributed by atoms with E-state index in [4.69, 9.17) is 16.9 Å². The lowest BCUT2D eigenvalue weighted by Gasteiger charge is -2.12. The number of aliphatic imine (C=N–C) groups is 1. The summed E-state index contributed by atoms with van der Waals surface area (Å²) in [4.78, 5) is 4.07. The van der Waals surface area contributed by atoms with Gasteiger partial charge < -0.3 is 0 Å². The standard InChI is InChI=1S/C8H9ClN2/c1-6-4-7(2-3-10)5-11-8(6)9/h4,7H,2,5H2,1H3. The summed E-state index contributed by atoms with van der Waals surface area (Å²) < 4.78 is 0. The topological polar surface area (TPSA) is 36.1 Å². The Morgan fingerprint density at radius 2 is 2.64 bits per heavy atom. The second-order valence-electron chi connectivity index (χ2n) is 2.60. The second-order valence-corrected chi connectivity index (χ2v) is 2.96. The Bertz CT molecular complexity index is 247. The Hall–Kier alpha value is -0.810. The second kappa shape index (κ2) is 3.54. The summed E-state index contributed by atoms with van der Waals surface area (Å²) in [6.45, 7) is 2.57. The fourth-order valence-electron chi connectivity index (χ4n) is 1.04. The first-order valence-corrected chi connectivity index (χ1v) is 3.87. The van der Waals surface area contributed by atoms with Crippen molar-refractivity contribution in [2.75, 3.05) is 6.54 Å². The van der Waals surface area contributed by atoms with Crippen LogP contribution in [0.25, 0.3) is 0 Å². The van der Waals surface area contributed by atoms with E-state index in [1.165, 1.54) is 0 Å². The first kappa shape index (κ1) is 8.29. The van der Waals surface area contributed by atoms with E-state index >= 15 is 0 Å². The van der Waals surface area contributed by atoms with Gasteiger partial charge in [-0.05, 0) is 12.5 Å². The first-order valence-electron chi connectivity index (χ1n) is 3.49. The fraction of sp³-hybridized carbons (Fsp3) is 0.500. The van der Waals surface area contributed by atoms with E-state index in [-0.39, 0.29) is 5.92 Å². The zero-order valence-electron chi connectivity index (χ0n) is 6.34. The maximum atomic E-state index is 8.41. The molecule has 0 aromatic heterocycles. The monoisotopic (exact) mass is 168 g/mol. The minimum Gasteiger partial charge on any atom is -0.272 e. The minimum absolute atomic E-state index is 0.266. The molecule has 0 aliphatic carbocycles. The van der Waals surface area contributed by atoms with Gasteiger partial charge in [-0.1, -0.05) is 17.7 Å². The summed E-state index contributed by atoms with van der Waals surface area (Å²) in [6.07, 6.45) is 2.55. The minimum atomic E-state index is 0.266. The van der Waals surface area contributed by atoms with E-state index in [1.807, 2.05) is 13.0 Å². The maximum absolute atomic E-state index is 8.41. The number of nitriles is 1. The first-order chi connectivity index (χ1) is 5.24. The third kappa shape index (κ3) is 2.06. The third-order valence-electron chi connectivity index (χ3n) is 1.63. The molecule has 0 fully saturated rings. The van der Waals surface area contributed by atoms with Gasteiger partial charge in [0.15, 0.2) is 0 Å². The SMILES string of the molecule is CC1=CC(CC#N)CN=C1Cl. The number of dihydropyridines is 1. The van der Waals surface area contributed by atoms with Crippen LogP contribution in [0.5, 0.6) is 0 Å². The molecule has 1 rings (SSSR count). The molecule has 2 nitrogen and oxygen atoms in total. The molecule has 0 aromatic rings. The summed E-state index contributed by atoms with van der Waals surface area (Å²) in [6, 6.07) is 2.12.